The van der Waals surface area contributed by atoms with E-state index in [1.165, 1.54) is 0 Å². The first kappa shape index (κ1) is 17.3. The topological polar surface area (TPSA) is 93.2 Å². The lowest BCUT2D eigenvalue weighted by molar-refractivity contribution is 0.0709. The van der Waals surface area contributed by atoms with Crippen LogP contribution >= 0.6 is 0 Å². The number of likely N-dealkylation sites (tertiary alicyclic amines) is 1. The summed E-state index contributed by atoms with van der Waals surface area (Å²) in [5.41, 5.74) is 3.01. The summed E-state index contributed by atoms with van der Waals surface area (Å²) in [6.45, 7) is 1.33. The molecular weight excluding hydrogens is 346 g/mol. The Bertz CT molecular complexity index is 963. The van der Waals surface area contributed by atoms with Gasteiger partial charge in [0.05, 0.1) is 25.5 Å². The number of benzene rings is 1. The first-order chi connectivity index (χ1) is 13.2. The maximum atomic E-state index is 12.9. The van der Waals surface area contributed by atoms with Gasteiger partial charge in [-0.25, -0.2) is 9.97 Å². The highest BCUT2D eigenvalue weighted by atomic mass is 16.5. The van der Waals surface area contributed by atoms with Crippen molar-refractivity contribution in [1.29, 1.82) is 0 Å². The number of hydrogen-bond acceptors (Lipinski definition) is 6. The van der Waals surface area contributed by atoms with Crippen LogP contribution in [0, 0.1) is 0 Å². The second kappa shape index (κ2) is 7.22. The maximum Gasteiger partial charge on any atom is 0.257 e. The fraction of sp³-hybridized carbons (Fsp3) is 0.368. The number of nitrogens with zero attached hydrogens (tertiary/aromatic N) is 4. The van der Waals surface area contributed by atoms with Crippen molar-refractivity contribution in [2.45, 2.75) is 18.8 Å². The summed E-state index contributed by atoms with van der Waals surface area (Å²) in [5.74, 6) is 1.45. The Hall–Kier alpha value is -3.16. The van der Waals surface area contributed by atoms with Crippen LogP contribution in [0.5, 0.6) is 11.5 Å². The number of carbonyl (C=O) groups excluding carboxylic acids is 1. The summed E-state index contributed by atoms with van der Waals surface area (Å²) >= 11 is 0. The molecule has 8 heteroatoms. The predicted molar refractivity (Wildman–Crippen MR) is 99.1 cm³/mol. The van der Waals surface area contributed by atoms with Gasteiger partial charge in [0.15, 0.2) is 5.65 Å². The highest BCUT2D eigenvalue weighted by molar-refractivity contribution is 5.97. The molecular formula is C19H21N5O3. The zero-order chi connectivity index (χ0) is 18.8. The number of fused-ring (bicyclic) bond motifs is 1. The number of hydrogen-bond donors (Lipinski definition) is 1. The smallest absolute Gasteiger partial charge is 0.257 e. The number of aromatic amines is 1. The van der Waals surface area contributed by atoms with Crippen molar-refractivity contribution in [3.8, 4) is 11.5 Å². The van der Waals surface area contributed by atoms with Crippen LogP contribution in [-0.4, -0.2) is 58.3 Å². The maximum absolute atomic E-state index is 12.9. The molecule has 8 nitrogen and oxygen atoms in total. The lowest BCUT2D eigenvalue weighted by Gasteiger charge is -2.32. The summed E-state index contributed by atoms with van der Waals surface area (Å²) in [4.78, 5) is 23.4. The number of rotatable bonds is 4. The molecule has 1 amide bonds. The van der Waals surface area contributed by atoms with Gasteiger partial charge in [0.25, 0.3) is 5.91 Å². The number of ether oxygens (including phenoxy) is 2. The van der Waals surface area contributed by atoms with E-state index in [0.29, 0.717) is 35.8 Å². The van der Waals surface area contributed by atoms with E-state index in [0.717, 1.165) is 24.1 Å². The van der Waals surface area contributed by atoms with E-state index >= 15 is 0 Å². The van der Waals surface area contributed by atoms with Crippen LogP contribution in [0.25, 0.3) is 11.2 Å². The molecule has 3 aromatic rings. The molecule has 0 saturated carbocycles. The van der Waals surface area contributed by atoms with Gasteiger partial charge in [-0.15, -0.1) is 0 Å². The second-order valence-corrected chi connectivity index (χ2v) is 6.50. The zero-order valence-electron chi connectivity index (χ0n) is 15.3. The molecule has 1 N–H and O–H groups in total. The minimum atomic E-state index is -0.0257. The van der Waals surface area contributed by atoms with Crippen LogP contribution in [0.3, 0.4) is 0 Å². The average molecular weight is 367 g/mol. The molecule has 0 spiro atoms. The number of nitrogens with one attached hydrogen (secondary N) is 1. The molecule has 0 atom stereocenters. The number of piperidine rings is 1. The van der Waals surface area contributed by atoms with Crippen molar-refractivity contribution in [2.75, 3.05) is 27.3 Å². The van der Waals surface area contributed by atoms with E-state index in [2.05, 4.69) is 20.2 Å². The van der Waals surface area contributed by atoms with Crippen LogP contribution in [-0.2, 0) is 0 Å². The van der Waals surface area contributed by atoms with Gasteiger partial charge < -0.3 is 14.4 Å². The minimum Gasteiger partial charge on any atom is -0.497 e. The Morgan fingerprint density at radius 3 is 2.67 bits per heavy atom. The Morgan fingerprint density at radius 2 is 1.93 bits per heavy atom. The number of carbonyl (C=O) groups is 1. The van der Waals surface area contributed by atoms with Gasteiger partial charge in [0.1, 0.15) is 17.0 Å². The van der Waals surface area contributed by atoms with E-state index in [9.17, 15) is 4.79 Å². The summed E-state index contributed by atoms with van der Waals surface area (Å²) in [7, 11) is 3.15. The van der Waals surface area contributed by atoms with Crippen molar-refractivity contribution >= 4 is 17.1 Å². The van der Waals surface area contributed by atoms with Crippen LogP contribution in [0.4, 0.5) is 0 Å². The average Bonchev–Trinajstić information content (AvgIpc) is 3.17. The predicted octanol–water partition coefficient (Wildman–Crippen LogP) is 2.39. The molecule has 27 heavy (non-hydrogen) atoms. The quantitative estimate of drug-likeness (QED) is 0.761. The molecule has 2 aromatic heterocycles. The molecule has 0 radical (unpaired) electrons. The first-order valence-corrected chi connectivity index (χ1v) is 8.87. The van der Waals surface area contributed by atoms with Crippen LogP contribution in [0.15, 0.2) is 30.6 Å². The third-order valence-electron chi connectivity index (χ3n) is 5.05. The largest absolute Gasteiger partial charge is 0.497 e. The number of amides is 1. The van der Waals surface area contributed by atoms with Crippen LogP contribution in [0.1, 0.15) is 34.8 Å². The van der Waals surface area contributed by atoms with E-state index in [-0.39, 0.29) is 11.8 Å². The van der Waals surface area contributed by atoms with Crippen molar-refractivity contribution < 1.29 is 14.3 Å². The van der Waals surface area contributed by atoms with Crippen LogP contribution < -0.4 is 9.47 Å². The van der Waals surface area contributed by atoms with Gasteiger partial charge in [-0.1, -0.05) is 0 Å². The molecule has 1 saturated heterocycles. The third-order valence-corrected chi connectivity index (χ3v) is 5.05. The molecule has 3 heterocycles. The monoisotopic (exact) mass is 367 g/mol. The van der Waals surface area contributed by atoms with E-state index in [1.807, 2.05) is 4.90 Å². The van der Waals surface area contributed by atoms with Gasteiger partial charge in [-0.3, -0.25) is 9.89 Å². The van der Waals surface area contributed by atoms with Gasteiger partial charge in [-0.05, 0) is 25.0 Å². The first-order valence-electron chi connectivity index (χ1n) is 8.87. The number of methoxy groups -OCH3 is 2. The zero-order valence-corrected chi connectivity index (χ0v) is 15.3. The highest BCUT2D eigenvalue weighted by Crippen LogP contribution is 2.32. The Kier molecular flexibility index (Phi) is 4.62. The SMILES string of the molecule is COc1ccc(C(=O)N2CCC(c3[nH]nc4nccnc34)CC2)c(OC)c1. The Morgan fingerprint density at radius 1 is 1.15 bits per heavy atom. The summed E-state index contributed by atoms with van der Waals surface area (Å²) in [6, 6.07) is 5.26. The molecule has 0 unspecified atom stereocenters. The lowest BCUT2D eigenvalue weighted by atomic mass is 9.92. The summed E-state index contributed by atoms with van der Waals surface area (Å²) in [6.07, 6.45) is 5.00. The van der Waals surface area contributed by atoms with E-state index < -0.39 is 0 Å². The van der Waals surface area contributed by atoms with Gasteiger partial charge in [-0.2, -0.15) is 5.10 Å². The molecule has 0 aliphatic carbocycles. The molecule has 1 aliphatic heterocycles. The molecule has 140 valence electrons. The fourth-order valence-electron chi connectivity index (χ4n) is 3.57. The van der Waals surface area contributed by atoms with Gasteiger partial charge in [0.2, 0.25) is 0 Å². The molecule has 0 bridgehead atoms. The highest BCUT2D eigenvalue weighted by Gasteiger charge is 2.28. The minimum absolute atomic E-state index is 0.0257. The standard InChI is InChI=1S/C19H21N5O3/c1-26-13-3-4-14(15(11-13)27-2)19(25)24-9-5-12(6-10-24)16-17-18(23-22-16)21-8-7-20-17/h3-4,7-8,11-12H,5-6,9-10H2,1-2H3,(H,21,22,23). The number of H-pyrrole nitrogens is 1. The van der Waals surface area contributed by atoms with Crippen molar-refractivity contribution in [3.63, 3.8) is 0 Å². The molecule has 1 aromatic carbocycles. The summed E-state index contributed by atoms with van der Waals surface area (Å²) < 4.78 is 10.6. The van der Waals surface area contributed by atoms with E-state index in [1.54, 1.807) is 44.8 Å². The third kappa shape index (κ3) is 3.18. The van der Waals surface area contributed by atoms with Gasteiger partial charge >= 0.3 is 0 Å². The molecule has 4 rings (SSSR count). The Balaban J connectivity index is 1.48. The molecule has 1 fully saturated rings. The van der Waals surface area contributed by atoms with E-state index in [4.69, 9.17) is 9.47 Å². The molecule has 1 aliphatic rings. The lowest BCUT2D eigenvalue weighted by Crippen LogP contribution is -2.38. The van der Waals surface area contributed by atoms with Crippen molar-refractivity contribution in [3.05, 3.63) is 41.9 Å². The summed E-state index contributed by atoms with van der Waals surface area (Å²) in [5, 5.41) is 7.30. The van der Waals surface area contributed by atoms with Gasteiger partial charge in [0, 0.05) is 37.5 Å². The van der Waals surface area contributed by atoms with Crippen LogP contribution in [0.2, 0.25) is 0 Å². The second-order valence-electron chi connectivity index (χ2n) is 6.50. The normalized spacial score (nSPS) is 15.1. The fourth-order valence-corrected chi connectivity index (χ4v) is 3.57. The van der Waals surface area contributed by atoms with Crippen molar-refractivity contribution in [1.82, 2.24) is 25.1 Å². The number of aromatic nitrogens is 4. The van der Waals surface area contributed by atoms with Crippen molar-refractivity contribution in [2.24, 2.45) is 0 Å². The Labute approximate surface area is 156 Å².